The Kier molecular flexibility index (Phi) is 5.03. The highest BCUT2D eigenvalue weighted by molar-refractivity contribution is 7.89. The maximum atomic E-state index is 12.5. The van der Waals surface area contributed by atoms with E-state index in [0.29, 0.717) is 5.56 Å². The average molecular weight is 354 g/mol. The van der Waals surface area contributed by atoms with Gasteiger partial charge in [0.15, 0.2) is 0 Å². The van der Waals surface area contributed by atoms with E-state index >= 15 is 0 Å². The Morgan fingerprint density at radius 3 is 2.39 bits per heavy atom. The van der Waals surface area contributed by atoms with Crippen LogP contribution in [0.25, 0.3) is 0 Å². The molecule has 1 heterocycles. The van der Waals surface area contributed by atoms with E-state index in [1.165, 1.54) is 29.3 Å². The number of carbonyl (C=O) groups excluding carboxylic acids is 1. The molecule has 0 radical (unpaired) electrons. The van der Waals surface area contributed by atoms with Gasteiger partial charge in [-0.15, -0.1) is 0 Å². The Hall–Kier alpha value is -1.96. The molecule has 2 aromatic rings. The highest BCUT2D eigenvalue weighted by Crippen LogP contribution is 2.22. The molecule has 0 fully saturated rings. The highest BCUT2D eigenvalue weighted by atomic mass is 35.5. The highest BCUT2D eigenvalue weighted by Gasteiger charge is 2.20. The number of rotatable bonds is 4. The lowest BCUT2D eigenvalue weighted by atomic mass is 10.1. The summed E-state index contributed by atoms with van der Waals surface area (Å²) in [5, 5.41) is 5.32. The van der Waals surface area contributed by atoms with Crippen LogP contribution in [0.4, 0.5) is 0 Å². The van der Waals surface area contributed by atoms with Gasteiger partial charge in [0.1, 0.15) is 5.15 Å². The molecule has 23 heavy (non-hydrogen) atoms. The first-order valence-electron chi connectivity index (χ1n) is 6.71. The van der Waals surface area contributed by atoms with Crippen LogP contribution in [0.5, 0.6) is 0 Å². The van der Waals surface area contributed by atoms with Crippen molar-refractivity contribution in [1.82, 2.24) is 9.88 Å². The van der Waals surface area contributed by atoms with Gasteiger partial charge in [0.2, 0.25) is 10.0 Å². The summed E-state index contributed by atoms with van der Waals surface area (Å²) in [5.74, 6) is -0.211. The zero-order valence-corrected chi connectivity index (χ0v) is 14.2. The quantitative estimate of drug-likeness (QED) is 0.853. The van der Waals surface area contributed by atoms with Gasteiger partial charge >= 0.3 is 0 Å². The molecule has 0 aliphatic rings. The van der Waals surface area contributed by atoms with Crippen molar-refractivity contribution >= 4 is 27.5 Å². The molecule has 1 unspecified atom stereocenters. The van der Waals surface area contributed by atoms with Crippen LogP contribution >= 0.6 is 11.6 Å². The normalized spacial score (nSPS) is 12.7. The summed E-state index contributed by atoms with van der Waals surface area (Å²) in [4.78, 5) is 17.9. The van der Waals surface area contributed by atoms with E-state index in [-0.39, 0.29) is 22.0 Å². The van der Waals surface area contributed by atoms with Gasteiger partial charge < -0.3 is 4.90 Å². The van der Waals surface area contributed by atoms with Gasteiger partial charge in [-0.25, -0.2) is 18.5 Å². The molecule has 1 aromatic carbocycles. The summed E-state index contributed by atoms with van der Waals surface area (Å²) in [7, 11) is -2.07. The maximum absolute atomic E-state index is 12.5. The van der Waals surface area contributed by atoms with Crippen molar-refractivity contribution in [2.45, 2.75) is 17.9 Å². The van der Waals surface area contributed by atoms with Crippen molar-refractivity contribution in [1.29, 1.82) is 0 Å². The molecule has 2 N–H and O–H groups in total. The van der Waals surface area contributed by atoms with Crippen LogP contribution in [0.15, 0.2) is 47.5 Å². The number of carbonyl (C=O) groups is 1. The van der Waals surface area contributed by atoms with Crippen molar-refractivity contribution in [3.63, 3.8) is 0 Å². The van der Waals surface area contributed by atoms with E-state index < -0.39 is 10.0 Å². The van der Waals surface area contributed by atoms with Gasteiger partial charge in [0.25, 0.3) is 5.91 Å². The fraction of sp³-hybridized carbons (Fsp3) is 0.200. The molecule has 0 saturated heterocycles. The van der Waals surface area contributed by atoms with Crippen molar-refractivity contribution in [3.05, 3.63) is 58.9 Å². The number of halogens is 1. The zero-order valence-electron chi connectivity index (χ0n) is 12.6. The van der Waals surface area contributed by atoms with Gasteiger partial charge in [0, 0.05) is 18.8 Å². The van der Waals surface area contributed by atoms with Crippen LogP contribution in [0.1, 0.15) is 28.9 Å². The van der Waals surface area contributed by atoms with E-state index in [1.54, 1.807) is 25.2 Å². The number of aromatic nitrogens is 1. The van der Waals surface area contributed by atoms with Gasteiger partial charge in [-0.1, -0.05) is 23.7 Å². The maximum Gasteiger partial charge on any atom is 0.254 e. The van der Waals surface area contributed by atoms with Crippen molar-refractivity contribution in [2.75, 3.05) is 7.05 Å². The molecule has 0 bridgehead atoms. The second-order valence-corrected chi connectivity index (χ2v) is 7.02. The van der Waals surface area contributed by atoms with Crippen LogP contribution in [0.3, 0.4) is 0 Å². The summed E-state index contributed by atoms with van der Waals surface area (Å²) >= 11 is 5.80. The third kappa shape index (κ3) is 4.07. The molecule has 2 rings (SSSR count). The Balaban J connectivity index is 2.22. The van der Waals surface area contributed by atoms with Gasteiger partial charge in [-0.05, 0) is 36.8 Å². The third-order valence-corrected chi connectivity index (χ3v) is 4.70. The van der Waals surface area contributed by atoms with Crippen LogP contribution in [-0.2, 0) is 10.0 Å². The standard InChI is InChI=1S/C15H16ClN3O3S/c1-10(11-3-5-13(6-4-11)23(17,21)22)19(2)15(20)12-7-8-18-14(16)9-12/h3-10H,1-2H3,(H2,17,21,22). The molecule has 0 saturated carbocycles. The lowest BCUT2D eigenvalue weighted by Crippen LogP contribution is -2.29. The summed E-state index contributed by atoms with van der Waals surface area (Å²) in [6.45, 7) is 1.84. The molecule has 1 atom stereocenters. The van der Waals surface area contributed by atoms with Gasteiger partial charge in [-0.3, -0.25) is 4.79 Å². The molecule has 6 nitrogen and oxygen atoms in total. The molecule has 8 heteroatoms. The number of nitrogens with zero attached hydrogens (tertiary/aromatic N) is 2. The summed E-state index contributed by atoms with van der Waals surface area (Å²) < 4.78 is 22.5. The lowest BCUT2D eigenvalue weighted by molar-refractivity contribution is 0.0742. The average Bonchev–Trinajstić information content (AvgIpc) is 2.52. The Morgan fingerprint density at radius 2 is 1.87 bits per heavy atom. The van der Waals surface area contributed by atoms with E-state index in [0.717, 1.165) is 5.56 Å². The number of hydrogen-bond donors (Lipinski definition) is 1. The van der Waals surface area contributed by atoms with E-state index in [1.807, 2.05) is 6.92 Å². The van der Waals surface area contributed by atoms with Crippen LogP contribution in [0.2, 0.25) is 5.15 Å². The molecule has 122 valence electrons. The first-order chi connectivity index (χ1) is 10.7. The second-order valence-electron chi connectivity index (χ2n) is 5.07. The first-order valence-corrected chi connectivity index (χ1v) is 8.64. The van der Waals surface area contributed by atoms with Crippen molar-refractivity contribution in [2.24, 2.45) is 5.14 Å². The monoisotopic (exact) mass is 353 g/mol. The summed E-state index contributed by atoms with van der Waals surface area (Å²) in [6, 6.07) is 8.93. The molecular formula is C15H16ClN3O3S. The molecule has 1 amide bonds. The van der Waals surface area contributed by atoms with Crippen LogP contribution in [-0.4, -0.2) is 31.3 Å². The summed E-state index contributed by atoms with van der Waals surface area (Å²) in [5.41, 5.74) is 1.22. The molecule has 1 aromatic heterocycles. The van der Waals surface area contributed by atoms with Crippen molar-refractivity contribution in [3.8, 4) is 0 Å². The largest absolute Gasteiger partial charge is 0.335 e. The van der Waals surface area contributed by atoms with Crippen LogP contribution < -0.4 is 5.14 Å². The Morgan fingerprint density at radius 1 is 1.26 bits per heavy atom. The third-order valence-electron chi connectivity index (χ3n) is 3.57. The summed E-state index contributed by atoms with van der Waals surface area (Å²) in [6.07, 6.45) is 1.47. The van der Waals surface area contributed by atoms with Crippen LogP contribution in [0, 0.1) is 0 Å². The van der Waals surface area contributed by atoms with E-state index in [9.17, 15) is 13.2 Å². The fourth-order valence-electron chi connectivity index (χ4n) is 2.07. The minimum absolute atomic E-state index is 0.0309. The topological polar surface area (TPSA) is 93.4 Å². The number of hydrogen-bond acceptors (Lipinski definition) is 4. The van der Waals surface area contributed by atoms with E-state index in [2.05, 4.69) is 4.98 Å². The van der Waals surface area contributed by atoms with E-state index in [4.69, 9.17) is 16.7 Å². The number of benzene rings is 1. The first kappa shape index (κ1) is 17.4. The molecule has 0 spiro atoms. The Bertz CT molecular complexity index is 822. The number of nitrogens with two attached hydrogens (primary N) is 1. The molecule has 0 aliphatic carbocycles. The number of amides is 1. The van der Waals surface area contributed by atoms with Crippen molar-refractivity contribution < 1.29 is 13.2 Å². The molecule has 0 aliphatic heterocycles. The Labute approximate surface area is 139 Å². The van der Waals surface area contributed by atoms with Gasteiger partial charge in [-0.2, -0.15) is 0 Å². The smallest absolute Gasteiger partial charge is 0.254 e. The zero-order chi connectivity index (χ0) is 17.2. The minimum atomic E-state index is -3.73. The number of pyridine rings is 1. The second kappa shape index (κ2) is 6.66. The molecular weight excluding hydrogens is 338 g/mol. The predicted octanol–water partition coefficient (Wildman–Crippen LogP) is 2.22. The SMILES string of the molecule is CC(c1ccc(S(N)(=O)=O)cc1)N(C)C(=O)c1ccnc(Cl)c1. The minimum Gasteiger partial charge on any atom is -0.335 e. The number of primary sulfonamides is 1. The van der Waals surface area contributed by atoms with Gasteiger partial charge in [0.05, 0.1) is 10.9 Å². The fourth-order valence-corrected chi connectivity index (χ4v) is 2.76. The number of sulfonamides is 1. The predicted molar refractivity (Wildman–Crippen MR) is 87.6 cm³/mol. The lowest BCUT2D eigenvalue weighted by Gasteiger charge is -2.25.